The molecule has 0 saturated carbocycles. The summed E-state index contributed by atoms with van der Waals surface area (Å²) >= 11 is 12.0. The van der Waals surface area contributed by atoms with Crippen LogP contribution in [0.3, 0.4) is 0 Å². The molecule has 0 saturated heterocycles. The van der Waals surface area contributed by atoms with Gasteiger partial charge in [-0.1, -0.05) is 47.5 Å². The van der Waals surface area contributed by atoms with Gasteiger partial charge in [-0.05, 0) is 24.3 Å². The number of nitrogens with one attached hydrogen (secondary N) is 1. The zero-order valence-corrected chi connectivity index (χ0v) is 12.7. The van der Waals surface area contributed by atoms with Gasteiger partial charge in [-0.2, -0.15) is 0 Å². The largest absolute Gasteiger partial charge is 0.333 e. The van der Waals surface area contributed by atoms with Crippen molar-refractivity contribution < 1.29 is 9.59 Å². The Balaban J connectivity index is 2.32. The van der Waals surface area contributed by atoms with E-state index in [1.54, 1.807) is 48.5 Å². The molecule has 0 bridgehead atoms. The van der Waals surface area contributed by atoms with Gasteiger partial charge in [-0.15, -0.1) is 0 Å². The second-order valence-corrected chi connectivity index (χ2v) is 5.03. The Kier molecular flexibility index (Phi) is 4.83. The molecule has 2 aromatic carbocycles. The third-order valence-corrected chi connectivity index (χ3v) is 3.38. The van der Waals surface area contributed by atoms with Crippen molar-refractivity contribution >= 4 is 46.5 Å². The van der Waals surface area contributed by atoms with Gasteiger partial charge in [-0.25, -0.2) is 9.69 Å². The number of imide groups is 1. The lowest BCUT2D eigenvalue weighted by Crippen LogP contribution is -2.38. The average Bonchev–Trinajstić information content (AvgIpc) is 2.43. The second kappa shape index (κ2) is 6.61. The van der Waals surface area contributed by atoms with Gasteiger partial charge < -0.3 is 5.32 Å². The van der Waals surface area contributed by atoms with Crippen molar-refractivity contribution in [2.45, 2.75) is 6.92 Å². The Labute approximate surface area is 132 Å². The van der Waals surface area contributed by atoms with E-state index in [-0.39, 0.29) is 0 Å². The minimum absolute atomic E-state index is 0.307. The molecule has 0 aromatic heterocycles. The van der Waals surface area contributed by atoms with E-state index in [9.17, 15) is 9.59 Å². The predicted octanol–water partition coefficient (Wildman–Crippen LogP) is 4.58. The molecule has 21 heavy (non-hydrogen) atoms. The molecule has 0 heterocycles. The zero-order valence-electron chi connectivity index (χ0n) is 11.1. The Morgan fingerprint density at radius 2 is 1.52 bits per heavy atom. The molecule has 0 unspecified atom stereocenters. The first-order valence-corrected chi connectivity index (χ1v) is 6.87. The van der Waals surface area contributed by atoms with Crippen molar-refractivity contribution in [3.63, 3.8) is 0 Å². The maximum atomic E-state index is 12.3. The molecule has 0 aliphatic carbocycles. The van der Waals surface area contributed by atoms with Gasteiger partial charge in [-0.3, -0.25) is 4.79 Å². The molecule has 6 heteroatoms. The lowest BCUT2D eigenvalue weighted by atomic mass is 10.3. The van der Waals surface area contributed by atoms with E-state index in [1.165, 1.54) is 6.92 Å². The third-order valence-electron chi connectivity index (χ3n) is 2.73. The molecule has 4 nitrogen and oxygen atoms in total. The lowest BCUT2D eigenvalue weighted by Gasteiger charge is -2.21. The molecule has 2 rings (SSSR count). The van der Waals surface area contributed by atoms with E-state index in [2.05, 4.69) is 5.32 Å². The fraction of sp³-hybridized carbons (Fsp3) is 0.0667. The Morgan fingerprint density at radius 1 is 0.952 bits per heavy atom. The molecule has 0 spiro atoms. The fourth-order valence-corrected chi connectivity index (χ4v) is 2.19. The van der Waals surface area contributed by atoms with Crippen molar-refractivity contribution in [2.24, 2.45) is 0 Å². The Bertz CT molecular complexity index is 689. The highest BCUT2D eigenvalue weighted by atomic mass is 35.5. The van der Waals surface area contributed by atoms with E-state index in [1.807, 2.05) is 0 Å². The molecule has 3 amide bonds. The molecular formula is C15H12Cl2N2O2. The first-order chi connectivity index (χ1) is 10.0. The Morgan fingerprint density at radius 3 is 2.10 bits per heavy atom. The van der Waals surface area contributed by atoms with E-state index in [4.69, 9.17) is 23.2 Å². The third kappa shape index (κ3) is 3.54. The van der Waals surface area contributed by atoms with Gasteiger partial charge in [0.05, 0.1) is 21.4 Å². The van der Waals surface area contributed by atoms with Crippen LogP contribution in [0.15, 0.2) is 48.5 Å². The number of nitrogens with zero attached hydrogens (tertiary/aromatic N) is 1. The van der Waals surface area contributed by atoms with Gasteiger partial charge in [0.2, 0.25) is 5.91 Å². The van der Waals surface area contributed by atoms with Crippen LogP contribution in [0.2, 0.25) is 10.0 Å². The molecule has 0 aliphatic heterocycles. The highest BCUT2D eigenvalue weighted by molar-refractivity contribution is 6.36. The number of rotatable bonds is 2. The molecular weight excluding hydrogens is 311 g/mol. The molecule has 0 aliphatic rings. The van der Waals surface area contributed by atoms with Gasteiger partial charge >= 0.3 is 6.03 Å². The number of anilines is 2. The minimum Gasteiger partial charge on any atom is -0.306 e. The van der Waals surface area contributed by atoms with Crippen LogP contribution in [-0.2, 0) is 4.79 Å². The van der Waals surface area contributed by atoms with Crippen LogP contribution in [-0.4, -0.2) is 11.9 Å². The second-order valence-electron chi connectivity index (χ2n) is 4.22. The van der Waals surface area contributed by atoms with Crippen LogP contribution in [0.4, 0.5) is 16.2 Å². The number of hydrogen-bond acceptors (Lipinski definition) is 2. The van der Waals surface area contributed by atoms with Crippen LogP contribution in [0.25, 0.3) is 0 Å². The summed E-state index contributed by atoms with van der Waals surface area (Å²) in [6.07, 6.45) is 0. The number of benzene rings is 2. The van der Waals surface area contributed by atoms with E-state index < -0.39 is 11.9 Å². The first kappa shape index (κ1) is 15.4. The summed E-state index contributed by atoms with van der Waals surface area (Å²) in [6, 6.07) is 12.8. The minimum atomic E-state index is -0.622. The van der Waals surface area contributed by atoms with Crippen molar-refractivity contribution in [2.75, 3.05) is 10.2 Å². The maximum absolute atomic E-state index is 12.3. The van der Waals surface area contributed by atoms with E-state index in [0.29, 0.717) is 21.4 Å². The fourth-order valence-electron chi connectivity index (χ4n) is 1.79. The standard InChI is InChI=1S/C15H12Cl2N2O2/c1-10(20)19(14-9-5-3-7-12(14)17)15(21)18-13-8-4-2-6-11(13)16/h2-9H,1H3,(H,18,21). The number of carbonyl (C=O) groups is 2. The van der Waals surface area contributed by atoms with E-state index >= 15 is 0 Å². The number of halogens is 2. The van der Waals surface area contributed by atoms with Crippen molar-refractivity contribution in [1.82, 2.24) is 0 Å². The van der Waals surface area contributed by atoms with Crippen LogP contribution in [0.5, 0.6) is 0 Å². The topological polar surface area (TPSA) is 49.4 Å². The molecule has 0 atom stereocenters. The van der Waals surface area contributed by atoms with E-state index in [0.717, 1.165) is 4.90 Å². The highest BCUT2D eigenvalue weighted by Gasteiger charge is 2.22. The van der Waals surface area contributed by atoms with Gasteiger partial charge in [0.15, 0.2) is 0 Å². The predicted molar refractivity (Wildman–Crippen MR) is 85.1 cm³/mol. The molecule has 2 aromatic rings. The maximum Gasteiger partial charge on any atom is 0.333 e. The SMILES string of the molecule is CC(=O)N(C(=O)Nc1ccccc1Cl)c1ccccc1Cl. The van der Waals surface area contributed by atoms with Crippen molar-refractivity contribution in [3.05, 3.63) is 58.6 Å². The summed E-state index contributed by atoms with van der Waals surface area (Å²) in [5, 5.41) is 3.28. The Hall–Kier alpha value is -2.04. The zero-order chi connectivity index (χ0) is 15.4. The lowest BCUT2D eigenvalue weighted by molar-refractivity contribution is -0.115. The molecule has 0 fully saturated rings. The summed E-state index contributed by atoms with van der Waals surface area (Å²) in [5.41, 5.74) is 0.735. The highest BCUT2D eigenvalue weighted by Crippen LogP contribution is 2.27. The first-order valence-electron chi connectivity index (χ1n) is 6.11. The summed E-state index contributed by atoms with van der Waals surface area (Å²) in [6.45, 7) is 1.29. The van der Waals surface area contributed by atoms with Crippen molar-refractivity contribution in [1.29, 1.82) is 0 Å². The number of carbonyl (C=O) groups excluding carboxylic acids is 2. The molecule has 0 radical (unpaired) electrons. The normalized spacial score (nSPS) is 10.0. The van der Waals surface area contributed by atoms with Gasteiger partial charge in [0, 0.05) is 6.92 Å². The average molecular weight is 323 g/mol. The number of para-hydroxylation sites is 2. The number of urea groups is 1. The summed E-state index contributed by atoms with van der Waals surface area (Å²) in [5.74, 6) is -0.451. The van der Waals surface area contributed by atoms with Crippen molar-refractivity contribution in [3.8, 4) is 0 Å². The summed E-state index contributed by atoms with van der Waals surface area (Å²) in [7, 11) is 0. The van der Waals surface area contributed by atoms with Gasteiger partial charge in [0.25, 0.3) is 0 Å². The van der Waals surface area contributed by atoms with Crippen LogP contribution in [0.1, 0.15) is 6.92 Å². The monoisotopic (exact) mass is 322 g/mol. The van der Waals surface area contributed by atoms with Crippen LogP contribution < -0.4 is 10.2 Å². The van der Waals surface area contributed by atoms with Gasteiger partial charge in [0.1, 0.15) is 0 Å². The van der Waals surface area contributed by atoms with Crippen LogP contribution >= 0.6 is 23.2 Å². The summed E-state index contributed by atoms with van der Waals surface area (Å²) in [4.78, 5) is 25.1. The van der Waals surface area contributed by atoms with Crippen LogP contribution in [0, 0.1) is 0 Å². The molecule has 1 N–H and O–H groups in total. The number of amides is 3. The number of hydrogen-bond donors (Lipinski definition) is 1. The molecule has 108 valence electrons. The smallest absolute Gasteiger partial charge is 0.306 e. The summed E-state index contributed by atoms with van der Waals surface area (Å²) < 4.78 is 0. The quantitative estimate of drug-likeness (QED) is 0.879.